The molecule has 1 heteroatoms. The molecule has 1 aliphatic rings. The predicted molar refractivity (Wildman–Crippen MR) is 64.2 cm³/mol. The van der Waals surface area contributed by atoms with Gasteiger partial charge in [0.15, 0.2) is 0 Å². The van der Waals surface area contributed by atoms with Crippen LogP contribution in [0.1, 0.15) is 66.2 Å². The highest BCUT2D eigenvalue weighted by Gasteiger charge is 2.43. The van der Waals surface area contributed by atoms with Crippen molar-refractivity contribution in [3.8, 4) is 0 Å². The van der Waals surface area contributed by atoms with Crippen LogP contribution in [0.3, 0.4) is 0 Å². The first-order chi connectivity index (χ1) is 6.16. The fraction of sp³-hybridized carbons (Fsp3) is 1.00. The Morgan fingerprint density at radius 2 is 1.08 bits per heavy atom. The average molecular weight is 200 g/mol. The lowest BCUT2D eigenvalue weighted by Crippen LogP contribution is -2.20. The van der Waals surface area contributed by atoms with Gasteiger partial charge in [-0.1, -0.05) is 27.7 Å². The zero-order chi connectivity index (χ0) is 9.95. The van der Waals surface area contributed by atoms with E-state index in [0.29, 0.717) is 0 Å². The van der Waals surface area contributed by atoms with Gasteiger partial charge < -0.3 is 0 Å². The fourth-order valence-electron chi connectivity index (χ4n) is 2.73. The molecule has 0 spiro atoms. The van der Waals surface area contributed by atoms with E-state index in [1.807, 2.05) is 0 Å². The molecule has 0 N–H and O–H groups in total. The van der Waals surface area contributed by atoms with E-state index in [-0.39, 0.29) is 0 Å². The first-order valence-corrected chi connectivity index (χ1v) is 6.95. The van der Waals surface area contributed by atoms with Crippen molar-refractivity contribution >= 4 is 8.58 Å². The third-order valence-corrected chi connectivity index (χ3v) is 7.29. The molecule has 78 valence electrons. The van der Waals surface area contributed by atoms with Gasteiger partial charge in [0.05, 0.1) is 0 Å². The molecule has 0 bridgehead atoms. The van der Waals surface area contributed by atoms with Crippen molar-refractivity contribution in [1.82, 2.24) is 0 Å². The topological polar surface area (TPSA) is 0 Å². The molecule has 1 saturated heterocycles. The summed E-state index contributed by atoms with van der Waals surface area (Å²) in [6.45, 7) is 9.55. The summed E-state index contributed by atoms with van der Waals surface area (Å²) in [6.07, 6.45) is 8.63. The summed E-state index contributed by atoms with van der Waals surface area (Å²) >= 11 is 0. The van der Waals surface area contributed by atoms with Gasteiger partial charge in [-0.2, -0.15) is 0 Å². The molecular weight excluding hydrogens is 175 g/mol. The van der Waals surface area contributed by atoms with Crippen LogP contribution in [0.4, 0.5) is 0 Å². The highest BCUT2D eigenvalue weighted by molar-refractivity contribution is 7.42. The van der Waals surface area contributed by atoms with E-state index in [0.717, 1.165) is 10.3 Å². The third kappa shape index (κ3) is 2.09. The number of hydrogen-bond acceptors (Lipinski definition) is 0. The Hall–Kier alpha value is 0.430. The highest BCUT2D eigenvalue weighted by atomic mass is 31.1. The van der Waals surface area contributed by atoms with Gasteiger partial charge >= 0.3 is 0 Å². The summed E-state index contributed by atoms with van der Waals surface area (Å²) in [6, 6.07) is 0. The van der Waals surface area contributed by atoms with Crippen molar-refractivity contribution in [2.45, 2.75) is 76.5 Å². The van der Waals surface area contributed by atoms with E-state index >= 15 is 0 Å². The minimum Gasteiger partial charge on any atom is -0.109 e. The van der Waals surface area contributed by atoms with Gasteiger partial charge in [-0.15, -0.1) is 8.58 Å². The van der Waals surface area contributed by atoms with E-state index in [9.17, 15) is 0 Å². The molecule has 1 fully saturated rings. The van der Waals surface area contributed by atoms with E-state index in [1.165, 1.54) is 47.1 Å². The first kappa shape index (κ1) is 11.5. The van der Waals surface area contributed by atoms with Crippen LogP contribution in [0.15, 0.2) is 0 Å². The van der Waals surface area contributed by atoms with Crippen LogP contribution in [0.5, 0.6) is 0 Å². The van der Waals surface area contributed by atoms with Crippen LogP contribution in [-0.4, -0.2) is 10.3 Å². The van der Waals surface area contributed by atoms with Crippen LogP contribution in [0.2, 0.25) is 0 Å². The molecule has 0 aromatic heterocycles. The maximum atomic E-state index is 2.39. The van der Waals surface area contributed by atoms with Gasteiger partial charge in [0.1, 0.15) is 0 Å². The summed E-state index contributed by atoms with van der Waals surface area (Å²) < 4.78 is 0. The molecule has 13 heavy (non-hydrogen) atoms. The van der Waals surface area contributed by atoms with Crippen LogP contribution in [0, 0.1) is 0 Å². The average Bonchev–Trinajstić information content (AvgIpc) is 2.59. The molecule has 0 aromatic rings. The SMILES string of the molecule is CCC1(CC)CCC(CC)(CC)P1. The van der Waals surface area contributed by atoms with Gasteiger partial charge in [0, 0.05) is 0 Å². The summed E-state index contributed by atoms with van der Waals surface area (Å²) in [5.74, 6) is 0. The van der Waals surface area contributed by atoms with Gasteiger partial charge in [-0.05, 0) is 48.8 Å². The van der Waals surface area contributed by atoms with Crippen molar-refractivity contribution < 1.29 is 0 Å². The molecule has 0 aliphatic carbocycles. The smallest absolute Gasteiger partial charge is 0.0122 e. The number of rotatable bonds is 4. The van der Waals surface area contributed by atoms with E-state index in [2.05, 4.69) is 27.7 Å². The Bertz CT molecular complexity index is 137. The largest absolute Gasteiger partial charge is 0.109 e. The van der Waals surface area contributed by atoms with Crippen molar-refractivity contribution in [2.24, 2.45) is 0 Å². The molecule has 0 unspecified atom stereocenters. The van der Waals surface area contributed by atoms with E-state index < -0.39 is 0 Å². The Morgan fingerprint density at radius 1 is 0.769 bits per heavy atom. The molecule has 0 amide bonds. The van der Waals surface area contributed by atoms with Gasteiger partial charge in [-0.3, -0.25) is 0 Å². The monoisotopic (exact) mass is 200 g/mol. The van der Waals surface area contributed by atoms with Gasteiger partial charge in [-0.25, -0.2) is 0 Å². The molecule has 1 aliphatic heterocycles. The summed E-state index contributed by atoms with van der Waals surface area (Å²) in [7, 11) is 1.23. The molecule has 0 saturated carbocycles. The molecule has 1 heterocycles. The molecule has 1 rings (SSSR count). The maximum absolute atomic E-state index is 2.39. The minimum absolute atomic E-state index is 0.742. The van der Waals surface area contributed by atoms with Crippen LogP contribution in [0.25, 0.3) is 0 Å². The maximum Gasteiger partial charge on any atom is -0.0122 e. The van der Waals surface area contributed by atoms with Crippen LogP contribution >= 0.6 is 8.58 Å². The lowest BCUT2D eigenvalue weighted by molar-refractivity contribution is 0.469. The summed E-state index contributed by atoms with van der Waals surface area (Å²) in [5.41, 5.74) is 0. The highest BCUT2D eigenvalue weighted by Crippen LogP contribution is 2.61. The molecular formula is C12H25P. The van der Waals surface area contributed by atoms with Crippen molar-refractivity contribution in [3.05, 3.63) is 0 Å². The Morgan fingerprint density at radius 3 is 1.23 bits per heavy atom. The molecule has 0 atom stereocenters. The Balaban J connectivity index is 2.69. The third-order valence-electron chi connectivity index (χ3n) is 4.32. The standard InChI is InChI=1S/C12H25P/c1-5-11(6-2)9-10-12(7-3,8-4)13-11/h13H,5-10H2,1-4H3. The van der Waals surface area contributed by atoms with Crippen LogP contribution < -0.4 is 0 Å². The molecule has 0 radical (unpaired) electrons. The molecule has 0 aromatic carbocycles. The normalized spacial score (nSPS) is 24.9. The van der Waals surface area contributed by atoms with Crippen molar-refractivity contribution in [1.29, 1.82) is 0 Å². The summed E-state index contributed by atoms with van der Waals surface area (Å²) in [5, 5.41) is 1.48. The second-order valence-electron chi connectivity index (χ2n) is 4.60. The molecule has 0 nitrogen and oxygen atoms in total. The quantitative estimate of drug-likeness (QED) is 0.583. The first-order valence-electron chi connectivity index (χ1n) is 5.95. The van der Waals surface area contributed by atoms with E-state index in [4.69, 9.17) is 0 Å². The van der Waals surface area contributed by atoms with Crippen molar-refractivity contribution in [2.75, 3.05) is 0 Å². The number of hydrogen-bond donors (Lipinski definition) is 0. The van der Waals surface area contributed by atoms with Gasteiger partial charge in [0.25, 0.3) is 0 Å². The zero-order valence-electron chi connectivity index (χ0n) is 9.74. The lowest BCUT2D eigenvalue weighted by Gasteiger charge is -2.32. The minimum atomic E-state index is 0.742. The fourth-order valence-corrected chi connectivity index (χ4v) is 5.06. The second kappa shape index (κ2) is 4.30. The Labute approximate surface area is 85.7 Å². The zero-order valence-corrected chi connectivity index (χ0v) is 10.7. The second-order valence-corrected chi connectivity index (χ2v) is 6.97. The van der Waals surface area contributed by atoms with Gasteiger partial charge in [0.2, 0.25) is 0 Å². The lowest BCUT2D eigenvalue weighted by atomic mass is 9.90. The Kier molecular flexibility index (Phi) is 3.81. The van der Waals surface area contributed by atoms with Crippen LogP contribution in [-0.2, 0) is 0 Å². The predicted octanol–water partition coefficient (Wildman–Crippen LogP) is 4.58. The summed E-state index contributed by atoms with van der Waals surface area (Å²) in [4.78, 5) is 0. The van der Waals surface area contributed by atoms with Crippen molar-refractivity contribution in [3.63, 3.8) is 0 Å². The van der Waals surface area contributed by atoms with E-state index in [1.54, 1.807) is 0 Å².